The van der Waals surface area contributed by atoms with Crippen molar-refractivity contribution >= 4 is 17.5 Å². The average Bonchev–Trinajstić information content (AvgIpc) is 3.40. The zero-order valence-electron chi connectivity index (χ0n) is 16.0. The molecule has 1 atom stereocenters. The molecule has 0 saturated heterocycles. The van der Waals surface area contributed by atoms with Gasteiger partial charge in [-0.1, -0.05) is 53.2 Å². The Bertz CT molecular complexity index is 1220. The molecule has 0 aliphatic heterocycles. The van der Waals surface area contributed by atoms with Crippen molar-refractivity contribution in [2.45, 2.75) is 18.9 Å². The number of hydrogen-bond donors (Lipinski definition) is 1. The van der Waals surface area contributed by atoms with Gasteiger partial charge in [0.2, 0.25) is 0 Å². The normalized spacial score (nSPS) is 15.0. The third-order valence-electron chi connectivity index (χ3n) is 5.36. The number of nitrogens with zero attached hydrogens (tertiary/aromatic N) is 4. The first-order valence-corrected chi connectivity index (χ1v) is 10.1. The molecular weight excluding hydrogens is 398 g/mol. The zero-order chi connectivity index (χ0) is 20.5. The lowest BCUT2D eigenvalue weighted by Gasteiger charge is -2.14. The highest BCUT2D eigenvalue weighted by Crippen LogP contribution is 2.32. The Hall–Kier alpha value is -3.51. The number of rotatable bonds is 4. The maximum Gasteiger partial charge on any atom is 0.274 e. The van der Waals surface area contributed by atoms with Crippen LogP contribution in [0.4, 0.5) is 0 Å². The van der Waals surface area contributed by atoms with Crippen molar-refractivity contribution in [3.05, 3.63) is 94.9 Å². The summed E-state index contributed by atoms with van der Waals surface area (Å²) >= 11 is 6.40. The number of nitrogens with one attached hydrogen (secondary N) is 1. The van der Waals surface area contributed by atoms with Crippen molar-refractivity contribution < 1.29 is 4.79 Å². The van der Waals surface area contributed by atoms with Gasteiger partial charge in [-0.15, -0.1) is 5.10 Å². The van der Waals surface area contributed by atoms with Crippen LogP contribution in [0.15, 0.2) is 73.1 Å². The van der Waals surface area contributed by atoms with Crippen LogP contribution < -0.4 is 5.32 Å². The van der Waals surface area contributed by atoms with E-state index in [-0.39, 0.29) is 17.6 Å². The summed E-state index contributed by atoms with van der Waals surface area (Å²) in [6.07, 6.45) is 5.17. The van der Waals surface area contributed by atoms with Crippen LogP contribution in [0.1, 0.15) is 34.1 Å². The molecule has 30 heavy (non-hydrogen) atoms. The maximum atomic E-state index is 13.3. The summed E-state index contributed by atoms with van der Waals surface area (Å²) < 4.78 is 1.61. The highest BCUT2D eigenvalue weighted by Gasteiger charge is 2.28. The molecule has 4 aromatic rings. The Balaban J connectivity index is 1.56. The van der Waals surface area contributed by atoms with Gasteiger partial charge in [-0.2, -0.15) is 0 Å². The molecule has 2 aromatic carbocycles. The monoisotopic (exact) mass is 415 g/mol. The molecule has 6 nitrogen and oxygen atoms in total. The maximum absolute atomic E-state index is 13.3. The van der Waals surface area contributed by atoms with Crippen LogP contribution >= 0.6 is 11.6 Å². The van der Waals surface area contributed by atoms with E-state index in [1.165, 1.54) is 5.56 Å². The lowest BCUT2D eigenvalue weighted by Crippen LogP contribution is -2.28. The number of aryl methyl sites for hydroxylation is 1. The van der Waals surface area contributed by atoms with E-state index in [2.05, 4.69) is 32.7 Å². The fraction of sp³-hybridized carbons (Fsp3) is 0.130. The van der Waals surface area contributed by atoms with Crippen LogP contribution in [0, 0.1) is 0 Å². The van der Waals surface area contributed by atoms with Crippen molar-refractivity contribution in [3.63, 3.8) is 0 Å². The van der Waals surface area contributed by atoms with Gasteiger partial charge in [-0.25, -0.2) is 4.68 Å². The summed E-state index contributed by atoms with van der Waals surface area (Å²) in [5, 5.41) is 12.2. The van der Waals surface area contributed by atoms with Gasteiger partial charge in [0.15, 0.2) is 5.69 Å². The summed E-state index contributed by atoms with van der Waals surface area (Å²) in [6, 6.07) is 19.2. The van der Waals surface area contributed by atoms with Crippen molar-refractivity contribution in [2.75, 3.05) is 0 Å². The summed E-state index contributed by atoms with van der Waals surface area (Å²) in [4.78, 5) is 17.3. The van der Waals surface area contributed by atoms with Gasteiger partial charge in [0.25, 0.3) is 5.91 Å². The Morgan fingerprint density at radius 1 is 1.03 bits per heavy atom. The second kappa shape index (κ2) is 7.72. The molecule has 0 fully saturated rings. The molecule has 5 rings (SSSR count). The zero-order valence-corrected chi connectivity index (χ0v) is 16.8. The molecule has 1 aliphatic carbocycles. The van der Waals surface area contributed by atoms with Crippen molar-refractivity contribution in [1.29, 1.82) is 0 Å². The van der Waals surface area contributed by atoms with Crippen molar-refractivity contribution in [2.24, 2.45) is 0 Å². The molecule has 7 heteroatoms. The number of fused-ring (bicyclic) bond motifs is 1. The number of aromatic nitrogens is 4. The summed E-state index contributed by atoms with van der Waals surface area (Å²) in [6.45, 7) is 0. The van der Waals surface area contributed by atoms with E-state index in [1.54, 1.807) is 23.1 Å². The molecular formula is C23H18ClN5O. The molecule has 1 aliphatic rings. The van der Waals surface area contributed by atoms with Crippen LogP contribution in [0.3, 0.4) is 0 Å². The van der Waals surface area contributed by atoms with Crippen molar-refractivity contribution in [1.82, 2.24) is 25.3 Å². The third kappa shape index (κ3) is 3.25. The Morgan fingerprint density at radius 2 is 1.80 bits per heavy atom. The average molecular weight is 416 g/mol. The highest BCUT2D eigenvalue weighted by atomic mass is 35.5. The molecule has 148 valence electrons. The van der Waals surface area contributed by atoms with Gasteiger partial charge < -0.3 is 5.32 Å². The Kier molecular flexibility index (Phi) is 4.77. The third-order valence-corrected chi connectivity index (χ3v) is 5.68. The van der Waals surface area contributed by atoms with E-state index in [9.17, 15) is 4.79 Å². The minimum Gasteiger partial charge on any atom is -0.344 e. The molecule has 0 bridgehead atoms. The number of halogens is 1. The molecule has 1 N–H and O–H groups in total. The lowest BCUT2D eigenvalue weighted by atomic mass is 10.1. The summed E-state index contributed by atoms with van der Waals surface area (Å²) in [7, 11) is 0. The van der Waals surface area contributed by atoms with Crippen molar-refractivity contribution in [3.8, 4) is 16.9 Å². The van der Waals surface area contributed by atoms with Crippen LogP contribution in [0.2, 0.25) is 5.02 Å². The summed E-state index contributed by atoms with van der Waals surface area (Å²) in [5.41, 5.74) is 4.71. The van der Waals surface area contributed by atoms with Gasteiger partial charge in [-0.3, -0.25) is 9.78 Å². The molecule has 0 radical (unpaired) electrons. The number of carbonyl (C=O) groups excluding carboxylic acids is 1. The van der Waals surface area contributed by atoms with Gasteiger partial charge in [0, 0.05) is 18.0 Å². The van der Waals surface area contributed by atoms with E-state index in [4.69, 9.17) is 11.6 Å². The minimum atomic E-state index is -0.262. The van der Waals surface area contributed by atoms with E-state index in [0.717, 1.165) is 24.0 Å². The number of hydrogen-bond acceptors (Lipinski definition) is 4. The molecule has 2 aromatic heterocycles. The Labute approximate surface area is 178 Å². The van der Waals surface area contributed by atoms with Gasteiger partial charge in [0.05, 0.1) is 16.8 Å². The Morgan fingerprint density at radius 3 is 2.63 bits per heavy atom. The van der Waals surface area contributed by atoms with Crippen LogP contribution in [-0.4, -0.2) is 25.9 Å². The van der Waals surface area contributed by atoms with Gasteiger partial charge >= 0.3 is 0 Å². The molecule has 2 heterocycles. The first-order chi connectivity index (χ1) is 14.7. The smallest absolute Gasteiger partial charge is 0.274 e. The predicted molar refractivity (Wildman–Crippen MR) is 115 cm³/mol. The van der Waals surface area contributed by atoms with E-state index in [1.807, 2.05) is 42.5 Å². The lowest BCUT2D eigenvalue weighted by molar-refractivity contribution is 0.0932. The highest BCUT2D eigenvalue weighted by molar-refractivity contribution is 6.32. The second-order valence-electron chi connectivity index (χ2n) is 7.15. The molecule has 1 amide bonds. The number of pyridine rings is 1. The van der Waals surface area contributed by atoms with E-state index >= 15 is 0 Å². The first-order valence-electron chi connectivity index (χ1n) is 9.72. The largest absolute Gasteiger partial charge is 0.344 e. The van der Waals surface area contributed by atoms with E-state index < -0.39 is 0 Å². The number of amides is 1. The topological polar surface area (TPSA) is 72.7 Å². The van der Waals surface area contributed by atoms with E-state index in [0.29, 0.717) is 16.4 Å². The fourth-order valence-electron chi connectivity index (χ4n) is 3.93. The quantitative estimate of drug-likeness (QED) is 0.536. The van der Waals surface area contributed by atoms with Crippen LogP contribution in [0.5, 0.6) is 0 Å². The number of para-hydroxylation sites is 1. The summed E-state index contributed by atoms with van der Waals surface area (Å²) in [5.74, 6) is -0.262. The first kappa shape index (κ1) is 18.5. The standard InChI is InChI=1S/C23H18ClN5O/c24-18-7-3-4-8-20(18)29-22(16-11-13-25-14-12-16)21(27-28-29)23(30)26-19-10-9-15-5-1-2-6-17(15)19/h1-8,11-14,19H,9-10H2,(H,26,30). The molecule has 0 saturated carbocycles. The predicted octanol–water partition coefficient (Wildman–Crippen LogP) is 4.40. The van der Waals surface area contributed by atoms with Crippen LogP contribution in [0.25, 0.3) is 16.9 Å². The van der Waals surface area contributed by atoms with Gasteiger partial charge in [0.1, 0.15) is 5.69 Å². The number of benzene rings is 2. The number of carbonyl (C=O) groups is 1. The molecule has 1 unspecified atom stereocenters. The molecule has 0 spiro atoms. The fourth-order valence-corrected chi connectivity index (χ4v) is 4.15. The SMILES string of the molecule is O=C(NC1CCc2ccccc21)c1nnn(-c2ccccc2Cl)c1-c1ccncc1. The minimum absolute atomic E-state index is 0.0375. The second-order valence-corrected chi connectivity index (χ2v) is 7.56. The van der Waals surface area contributed by atoms with Crippen LogP contribution in [-0.2, 0) is 6.42 Å². The van der Waals surface area contributed by atoms with Gasteiger partial charge in [-0.05, 0) is 48.2 Å².